The Kier molecular flexibility index (Phi) is 5.98. The average Bonchev–Trinajstić information content (AvgIpc) is 2.99. The standard InChI is InChI=1S/C27H48O/c1-18(2)7-6-8-19(3)23-11-12-24-22-10-9-20-17-21(28)13-15-26(20,4)25(22)14-16-27(23,24)5/h18-25,28H,6-17H2,1-5H3/t19-,20-,21-,22+,23+,24+,25-,26-,27+/m0/s1. The molecule has 4 aliphatic carbocycles. The largest absolute Gasteiger partial charge is 0.393 e. The number of hydrogen-bond donors (Lipinski definition) is 1. The second kappa shape index (κ2) is 7.90. The summed E-state index contributed by atoms with van der Waals surface area (Å²) in [5.41, 5.74) is 1.15. The predicted octanol–water partition coefficient (Wildman–Crippen LogP) is 7.47. The fourth-order valence-electron chi connectivity index (χ4n) is 9.26. The molecule has 0 aromatic heterocycles. The maximum absolute atomic E-state index is 10.3. The lowest BCUT2D eigenvalue weighted by molar-refractivity contribution is -0.129. The van der Waals surface area contributed by atoms with E-state index in [0.29, 0.717) is 10.8 Å². The number of aliphatic hydroxyl groups excluding tert-OH is 1. The fourth-order valence-corrected chi connectivity index (χ4v) is 9.26. The molecule has 0 aromatic rings. The molecule has 0 bridgehead atoms. The van der Waals surface area contributed by atoms with E-state index in [1.165, 1.54) is 64.2 Å². The van der Waals surface area contributed by atoms with Gasteiger partial charge >= 0.3 is 0 Å². The van der Waals surface area contributed by atoms with E-state index in [2.05, 4.69) is 34.6 Å². The van der Waals surface area contributed by atoms with Crippen molar-refractivity contribution in [1.29, 1.82) is 0 Å². The summed E-state index contributed by atoms with van der Waals surface area (Å²) in [6.07, 6.45) is 16.6. The molecule has 1 N–H and O–H groups in total. The van der Waals surface area contributed by atoms with E-state index in [1.807, 2.05) is 0 Å². The molecule has 0 spiro atoms. The van der Waals surface area contributed by atoms with E-state index in [9.17, 15) is 5.11 Å². The highest BCUT2D eigenvalue weighted by molar-refractivity contribution is 5.09. The van der Waals surface area contributed by atoms with Crippen molar-refractivity contribution in [2.45, 2.75) is 118 Å². The Bertz CT molecular complexity index is 540. The van der Waals surface area contributed by atoms with Crippen LogP contribution in [0.25, 0.3) is 0 Å². The number of rotatable bonds is 5. The quantitative estimate of drug-likeness (QED) is 0.518. The fraction of sp³-hybridized carbons (Fsp3) is 1.00. The molecule has 0 aromatic carbocycles. The van der Waals surface area contributed by atoms with E-state index in [4.69, 9.17) is 0 Å². The van der Waals surface area contributed by atoms with Crippen molar-refractivity contribution in [2.75, 3.05) is 0 Å². The van der Waals surface area contributed by atoms with Gasteiger partial charge in [0.2, 0.25) is 0 Å². The van der Waals surface area contributed by atoms with Crippen LogP contribution in [0, 0.1) is 52.3 Å². The Morgan fingerprint density at radius 3 is 2.29 bits per heavy atom. The molecule has 0 unspecified atom stereocenters. The first-order valence-corrected chi connectivity index (χ1v) is 12.9. The number of fused-ring (bicyclic) bond motifs is 5. The Morgan fingerprint density at radius 1 is 0.821 bits per heavy atom. The SMILES string of the molecule is CC(C)CCC[C@H](C)[C@H]1CC[C@@H]2[C@H]3CC[C@H]4C[C@@H](O)CC[C@]4(C)[C@H]3CC[C@@]21C. The number of hydrogen-bond acceptors (Lipinski definition) is 1. The highest BCUT2D eigenvalue weighted by atomic mass is 16.3. The van der Waals surface area contributed by atoms with Gasteiger partial charge in [0.05, 0.1) is 6.10 Å². The zero-order valence-electron chi connectivity index (χ0n) is 19.6. The van der Waals surface area contributed by atoms with E-state index in [1.54, 1.807) is 0 Å². The van der Waals surface area contributed by atoms with Crippen molar-refractivity contribution < 1.29 is 5.11 Å². The van der Waals surface area contributed by atoms with E-state index in [-0.39, 0.29) is 6.10 Å². The van der Waals surface area contributed by atoms with Crippen LogP contribution < -0.4 is 0 Å². The van der Waals surface area contributed by atoms with Crippen LogP contribution in [0.2, 0.25) is 0 Å². The highest BCUT2D eigenvalue weighted by Gasteiger charge is 2.60. The molecule has 162 valence electrons. The first-order valence-electron chi connectivity index (χ1n) is 12.9. The van der Waals surface area contributed by atoms with Gasteiger partial charge in [-0.05, 0) is 110 Å². The van der Waals surface area contributed by atoms with Gasteiger partial charge in [0.15, 0.2) is 0 Å². The molecule has 4 rings (SSSR count). The summed E-state index contributed by atoms with van der Waals surface area (Å²) in [5.74, 6) is 6.49. The lowest BCUT2D eigenvalue weighted by Gasteiger charge is -2.61. The van der Waals surface area contributed by atoms with E-state index in [0.717, 1.165) is 54.3 Å². The normalized spacial score (nSPS) is 49.4. The van der Waals surface area contributed by atoms with E-state index < -0.39 is 0 Å². The van der Waals surface area contributed by atoms with Gasteiger partial charge < -0.3 is 5.11 Å². The summed E-state index contributed by atoms with van der Waals surface area (Å²) in [4.78, 5) is 0. The second-order valence-electron chi connectivity index (χ2n) is 12.6. The first-order chi connectivity index (χ1) is 13.3. The third-order valence-electron chi connectivity index (χ3n) is 10.8. The van der Waals surface area contributed by atoms with Crippen molar-refractivity contribution in [3.05, 3.63) is 0 Å². The Labute approximate surface area is 175 Å². The monoisotopic (exact) mass is 388 g/mol. The van der Waals surface area contributed by atoms with Crippen LogP contribution in [0.3, 0.4) is 0 Å². The van der Waals surface area contributed by atoms with Gasteiger partial charge in [-0.1, -0.05) is 53.9 Å². The van der Waals surface area contributed by atoms with Crippen LogP contribution in [-0.4, -0.2) is 11.2 Å². The van der Waals surface area contributed by atoms with Gasteiger partial charge in [0, 0.05) is 0 Å². The summed E-state index contributed by atoms with van der Waals surface area (Å²) in [7, 11) is 0. The molecule has 0 heterocycles. The second-order valence-corrected chi connectivity index (χ2v) is 12.6. The van der Waals surface area contributed by atoms with Gasteiger partial charge in [-0.3, -0.25) is 0 Å². The highest BCUT2D eigenvalue weighted by Crippen LogP contribution is 2.68. The van der Waals surface area contributed by atoms with Gasteiger partial charge in [0.1, 0.15) is 0 Å². The molecule has 4 aliphatic rings. The summed E-state index contributed by atoms with van der Waals surface area (Å²) in [6, 6.07) is 0. The van der Waals surface area contributed by atoms with Gasteiger partial charge in [-0.2, -0.15) is 0 Å². The van der Waals surface area contributed by atoms with Crippen LogP contribution in [-0.2, 0) is 0 Å². The van der Waals surface area contributed by atoms with Crippen molar-refractivity contribution in [3.8, 4) is 0 Å². The van der Waals surface area contributed by atoms with Crippen LogP contribution in [0.4, 0.5) is 0 Å². The molecular weight excluding hydrogens is 340 g/mol. The molecule has 0 amide bonds. The molecule has 0 radical (unpaired) electrons. The molecule has 0 saturated heterocycles. The first kappa shape index (κ1) is 21.2. The molecule has 1 heteroatoms. The minimum absolute atomic E-state index is 0.00830. The zero-order valence-corrected chi connectivity index (χ0v) is 19.6. The molecule has 1 nitrogen and oxygen atoms in total. The van der Waals surface area contributed by atoms with E-state index >= 15 is 0 Å². The Balaban J connectivity index is 1.46. The Morgan fingerprint density at radius 2 is 1.54 bits per heavy atom. The minimum atomic E-state index is -0.00830. The van der Waals surface area contributed by atoms with Crippen molar-refractivity contribution in [1.82, 2.24) is 0 Å². The summed E-state index contributed by atoms with van der Waals surface area (Å²) in [5, 5.41) is 10.3. The summed E-state index contributed by atoms with van der Waals surface area (Å²) in [6.45, 7) is 12.7. The minimum Gasteiger partial charge on any atom is -0.393 e. The average molecular weight is 389 g/mol. The zero-order chi connectivity index (χ0) is 20.1. The summed E-state index contributed by atoms with van der Waals surface area (Å²) >= 11 is 0. The maximum Gasteiger partial charge on any atom is 0.0543 e. The Hall–Kier alpha value is -0.0400. The number of aliphatic hydroxyl groups is 1. The van der Waals surface area contributed by atoms with Crippen LogP contribution in [0.15, 0.2) is 0 Å². The molecule has 0 aliphatic heterocycles. The van der Waals surface area contributed by atoms with Crippen LogP contribution in [0.1, 0.15) is 112 Å². The van der Waals surface area contributed by atoms with Gasteiger partial charge in [-0.15, -0.1) is 0 Å². The van der Waals surface area contributed by atoms with Crippen molar-refractivity contribution >= 4 is 0 Å². The molecule has 28 heavy (non-hydrogen) atoms. The third-order valence-corrected chi connectivity index (χ3v) is 10.8. The smallest absolute Gasteiger partial charge is 0.0543 e. The molecule has 4 saturated carbocycles. The predicted molar refractivity (Wildman–Crippen MR) is 119 cm³/mol. The van der Waals surface area contributed by atoms with Crippen molar-refractivity contribution in [2.24, 2.45) is 52.3 Å². The van der Waals surface area contributed by atoms with Gasteiger partial charge in [-0.25, -0.2) is 0 Å². The molecule has 4 fully saturated rings. The van der Waals surface area contributed by atoms with Crippen LogP contribution in [0.5, 0.6) is 0 Å². The summed E-state index contributed by atoms with van der Waals surface area (Å²) < 4.78 is 0. The molecular formula is C27H48O. The lowest BCUT2D eigenvalue weighted by Crippen LogP contribution is -2.54. The van der Waals surface area contributed by atoms with Crippen LogP contribution >= 0.6 is 0 Å². The topological polar surface area (TPSA) is 20.2 Å². The maximum atomic E-state index is 10.3. The van der Waals surface area contributed by atoms with Crippen molar-refractivity contribution in [3.63, 3.8) is 0 Å². The third kappa shape index (κ3) is 3.50. The van der Waals surface area contributed by atoms with Gasteiger partial charge in [0.25, 0.3) is 0 Å². The molecule has 9 atom stereocenters. The lowest BCUT2D eigenvalue weighted by atomic mass is 9.44.